The van der Waals surface area contributed by atoms with E-state index in [1.54, 1.807) is 18.3 Å². The fraction of sp³-hybridized carbons (Fsp3) is 0. The van der Waals surface area contributed by atoms with E-state index in [0.717, 1.165) is 11.0 Å². The van der Waals surface area contributed by atoms with Crippen LogP contribution in [0.5, 0.6) is 0 Å². The van der Waals surface area contributed by atoms with Crippen LogP contribution in [0.1, 0.15) is 10.5 Å². The van der Waals surface area contributed by atoms with Crippen molar-refractivity contribution in [2.24, 2.45) is 0 Å². The zero-order valence-electron chi connectivity index (χ0n) is 11.9. The summed E-state index contributed by atoms with van der Waals surface area (Å²) >= 11 is 0. The Bertz CT molecular complexity index is 923. The molecule has 4 aromatic rings. The van der Waals surface area contributed by atoms with Crippen molar-refractivity contribution in [3.05, 3.63) is 79.0 Å². The molecule has 0 aliphatic heterocycles. The van der Waals surface area contributed by atoms with E-state index in [2.05, 4.69) is 28.2 Å². The molecule has 0 fully saturated rings. The van der Waals surface area contributed by atoms with E-state index >= 15 is 0 Å². The number of imidazole rings is 1. The number of rotatable bonds is 1. The van der Waals surface area contributed by atoms with Crippen LogP contribution in [0.25, 0.3) is 16.4 Å². The second kappa shape index (κ2) is 7.63. The van der Waals surface area contributed by atoms with Gasteiger partial charge in [-0.05, 0) is 18.3 Å². The number of pyridine rings is 2. The van der Waals surface area contributed by atoms with E-state index in [4.69, 9.17) is 5.11 Å². The van der Waals surface area contributed by atoms with E-state index < -0.39 is 5.97 Å². The van der Waals surface area contributed by atoms with Gasteiger partial charge in [-0.15, -0.1) is 35.0 Å². The molecule has 6 heteroatoms. The van der Waals surface area contributed by atoms with Gasteiger partial charge in [-0.25, -0.2) is 9.78 Å². The summed E-state index contributed by atoms with van der Waals surface area (Å²) in [7, 11) is 0. The van der Waals surface area contributed by atoms with E-state index in [1.165, 1.54) is 17.6 Å². The van der Waals surface area contributed by atoms with E-state index in [9.17, 15) is 4.79 Å². The summed E-state index contributed by atoms with van der Waals surface area (Å²) in [6.07, 6.45) is 7.20. The van der Waals surface area contributed by atoms with Gasteiger partial charge in [0.05, 0.1) is 5.65 Å². The molecule has 0 aliphatic rings. The van der Waals surface area contributed by atoms with Gasteiger partial charge in [0.2, 0.25) is 0 Å². The summed E-state index contributed by atoms with van der Waals surface area (Å²) in [4.78, 5) is 18.0. The van der Waals surface area contributed by atoms with Crippen molar-refractivity contribution >= 4 is 22.4 Å². The molecule has 0 amide bonds. The van der Waals surface area contributed by atoms with Crippen molar-refractivity contribution in [2.45, 2.75) is 0 Å². The van der Waals surface area contributed by atoms with Crippen LogP contribution in [0.4, 0.5) is 0 Å². The molecule has 0 aliphatic carbocycles. The maximum atomic E-state index is 10.1. The SMILES string of the molecule is O=C(O)c1ccccn1.[Ir].[c-]1cccc2ccn3ccnc3c12. The number of carbonyl (C=O) groups is 1. The summed E-state index contributed by atoms with van der Waals surface area (Å²) in [5, 5.41) is 10.6. The van der Waals surface area contributed by atoms with Gasteiger partial charge in [0, 0.05) is 38.7 Å². The first kappa shape index (κ1) is 16.8. The molecule has 23 heavy (non-hydrogen) atoms. The third kappa shape index (κ3) is 3.80. The first-order chi connectivity index (χ1) is 10.8. The van der Waals surface area contributed by atoms with Crippen molar-refractivity contribution in [2.75, 3.05) is 0 Å². The van der Waals surface area contributed by atoms with Gasteiger partial charge in [0.25, 0.3) is 0 Å². The van der Waals surface area contributed by atoms with Crippen LogP contribution < -0.4 is 0 Å². The number of nitrogens with zero attached hydrogens (tertiary/aromatic N) is 3. The van der Waals surface area contributed by atoms with Gasteiger partial charge < -0.3 is 9.51 Å². The minimum absolute atomic E-state index is 0. The Morgan fingerprint density at radius 3 is 2.61 bits per heavy atom. The third-order valence-corrected chi connectivity index (χ3v) is 3.08. The molecule has 0 bridgehead atoms. The molecule has 0 atom stereocenters. The fourth-order valence-electron chi connectivity index (χ4n) is 2.06. The monoisotopic (exact) mass is 483 g/mol. The van der Waals surface area contributed by atoms with E-state index in [-0.39, 0.29) is 25.8 Å². The largest absolute Gasteiger partial charge is 0.477 e. The Morgan fingerprint density at radius 1 is 1.04 bits per heavy atom. The summed E-state index contributed by atoms with van der Waals surface area (Å²) in [5.41, 5.74) is 1.05. The molecule has 1 N–H and O–H groups in total. The Morgan fingerprint density at radius 2 is 1.91 bits per heavy atom. The van der Waals surface area contributed by atoms with Crippen LogP contribution in [-0.2, 0) is 20.1 Å². The number of aromatic carboxylic acids is 1. The van der Waals surface area contributed by atoms with Crippen molar-refractivity contribution in [3.63, 3.8) is 0 Å². The second-order valence-corrected chi connectivity index (χ2v) is 4.49. The molecule has 1 aromatic carbocycles. The molecule has 0 spiro atoms. The summed E-state index contributed by atoms with van der Waals surface area (Å²) < 4.78 is 2.00. The molecule has 0 saturated heterocycles. The van der Waals surface area contributed by atoms with Gasteiger partial charge in [0.1, 0.15) is 5.69 Å². The number of aromatic nitrogens is 3. The first-order valence-electron chi connectivity index (χ1n) is 6.62. The van der Waals surface area contributed by atoms with Gasteiger partial charge in [0.15, 0.2) is 0 Å². The number of hydrogen-bond acceptors (Lipinski definition) is 3. The molecular weight excluding hydrogens is 470 g/mol. The maximum Gasteiger partial charge on any atom is 0.354 e. The average molecular weight is 483 g/mol. The number of benzene rings is 1. The Labute approximate surface area is 146 Å². The van der Waals surface area contributed by atoms with Gasteiger partial charge >= 0.3 is 5.97 Å². The number of carboxylic acid groups (broad SMARTS) is 1. The molecule has 0 saturated carbocycles. The van der Waals surface area contributed by atoms with Crippen molar-refractivity contribution in [1.82, 2.24) is 14.4 Å². The molecule has 1 radical (unpaired) electrons. The van der Waals surface area contributed by atoms with Crippen LogP contribution in [0, 0.1) is 6.07 Å². The third-order valence-electron chi connectivity index (χ3n) is 3.08. The molecule has 117 valence electrons. The Kier molecular flexibility index (Phi) is 5.57. The standard InChI is InChI=1S/C11H7N2.C6H5NO2.Ir/c1-2-4-10-9(3-1)5-7-13-8-6-12-11(10)13;8-6(9)5-3-1-2-4-7-5;/h1-3,5-8H;1-4H,(H,8,9);/q-1;;. The van der Waals surface area contributed by atoms with Gasteiger partial charge in [-0.3, -0.25) is 4.98 Å². The maximum absolute atomic E-state index is 10.1. The fourth-order valence-corrected chi connectivity index (χ4v) is 2.06. The van der Waals surface area contributed by atoms with Crippen molar-refractivity contribution in [3.8, 4) is 0 Å². The van der Waals surface area contributed by atoms with E-state index in [0.29, 0.717) is 0 Å². The summed E-state index contributed by atoms with van der Waals surface area (Å²) in [6, 6.07) is 16.0. The van der Waals surface area contributed by atoms with Crippen molar-refractivity contribution in [1.29, 1.82) is 0 Å². The van der Waals surface area contributed by atoms with Crippen LogP contribution in [0.3, 0.4) is 0 Å². The van der Waals surface area contributed by atoms with Gasteiger partial charge in [-0.1, -0.05) is 12.1 Å². The normalized spacial score (nSPS) is 9.74. The zero-order chi connectivity index (χ0) is 15.4. The Balaban J connectivity index is 0.000000171. The second-order valence-electron chi connectivity index (χ2n) is 4.49. The van der Waals surface area contributed by atoms with E-state index in [1.807, 2.05) is 28.9 Å². The van der Waals surface area contributed by atoms with Crippen LogP contribution in [-0.4, -0.2) is 25.4 Å². The topological polar surface area (TPSA) is 67.5 Å². The van der Waals surface area contributed by atoms with Crippen molar-refractivity contribution < 1.29 is 30.0 Å². The average Bonchev–Trinajstić information content (AvgIpc) is 3.05. The Hall–Kier alpha value is -2.56. The van der Waals surface area contributed by atoms with Crippen LogP contribution >= 0.6 is 0 Å². The number of carboxylic acids is 1. The first-order valence-corrected chi connectivity index (χ1v) is 6.62. The number of fused-ring (bicyclic) bond motifs is 3. The molecule has 3 heterocycles. The van der Waals surface area contributed by atoms with Crippen LogP contribution in [0.15, 0.2) is 67.3 Å². The smallest absolute Gasteiger partial charge is 0.354 e. The minimum atomic E-state index is -0.990. The predicted molar refractivity (Wildman–Crippen MR) is 82.7 cm³/mol. The molecule has 5 nitrogen and oxygen atoms in total. The molecule has 4 rings (SSSR count). The quantitative estimate of drug-likeness (QED) is 0.424. The van der Waals surface area contributed by atoms with Gasteiger partial charge in [-0.2, -0.15) is 0 Å². The minimum Gasteiger partial charge on any atom is -0.477 e. The molecular formula is C17H12IrN3O2-. The number of hydrogen-bond donors (Lipinski definition) is 1. The van der Waals surface area contributed by atoms with Crippen LogP contribution in [0.2, 0.25) is 0 Å². The summed E-state index contributed by atoms with van der Waals surface area (Å²) in [6.45, 7) is 0. The predicted octanol–water partition coefficient (Wildman–Crippen LogP) is 3.06. The molecule has 3 aromatic heterocycles. The summed E-state index contributed by atoms with van der Waals surface area (Å²) in [5.74, 6) is -0.990. The molecule has 0 unspecified atom stereocenters. The zero-order valence-corrected chi connectivity index (χ0v) is 14.3.